The first-order valence-corrected chi connectivity index (χ1v) is 13.0. The molecule has 0 spiro atoms. The molecule has 2 aliphatic heterocycles. The van der Waals surface area contributed by atoms with Gasteiger partial charge in [0.2, 0.25) is 10.0 Å². The lowest BCUT2D eigenvalue weighted by Crippen LogP contribution is -3.15. The molecule has 0 radical (unpaired) electrons. The molecule has 1 N–H and O–H groups in total. The first-order valence-electron chi connectivity index (χ1n) is 11.5. The minimum absolute atomic E-state index is 0.250. The summed E-state index contributed by atoms with van der Waals surface area (Å²) >= 11 is 0. The molecule has 0 aromatic heterocycles. The standard InChI is InChI=1S/C23H35N3O3S/c1-18-7-8-22(15-19(18)2)30(28,29)26-13-11-24(12-14-26)17-23(27)25-10-9-20-5-3-4-6-21(20)16-25/h7-8,15,20-21H,3-6,9-14,16-17H2,1-2H3/p+1/t20-,21+/m1/s1. The van der Waals surface area contributed by atoms with Gasteiger partial charge in [0.05, 0.1) is 31.1 Å². The predicted octanol–water partition coefficient (Wildman–Crippen LogP) is 1.23. The zero-order valence-electron chi connectivity index (χ0n) is 18.4. The Morgan fingerprint density at radius 1 is 1.00 bits per heavy atom. The number of hydrogen-bond acceptors (Lipinski definition) is 3. The summed E-state index contributed by atoms with van der Waals surface area (Å²) in [5.41, 5.74) is 2.09. The second kappa shape index (κ2) is 8.97. The molecule has 2 atom stereocenters. The summed E-state index contributed by atoms with van der Waals surface area (Å²) in [5, 5.41) is 0. The largest absolute Gasteiger partial charge is 0.338 e. The van der Waals surface area contributed by atoms with Gasteiger partial charge in [0.25, 0.3) is 5.91 Å². The van der Waals surface area contributed by atoms with Crippen molar-refractivity contribution >= 4 is 15.9 Å². The van der Waals surface area contributed by atoms with Crippen LogP contribution < -0.4 is 4.90 Å². The Hall–Kier alpha value is -1.44. The molecule has 1 amide bonds. The highest BCUT2D eigenvalue weighted by Gasteiger charge is 2.35. The average Bonchev–Trinajstić information content (AvgIpc) is 2.75. The Morgan fingerprint density at radius 3 is 2.40 bits per heavy atom. The maximum Gasteiger partial charge on any atom is 0.277 e. The third-order valence-electron chi connectivity index (χ3n) is 7.59. The lowest BCUT2D eigenvalue weighted by Gasteiger charge is -2.41. The monoisotopic (exact) mass is 434 g/mol. The van der Waals surface area contributed by atoms with E-state index in [4.69, 9.17) is 0 Å². The van der Waals surface area contributed by atoms with E-state index in [1.165, 1.54) is 30.6 Å². The Bertz CT molecular complexity index is 878. The number of benzene rings is 1. The molecule has 1 aromatic rings. The van der Waals surface area contributed by atoms with Gasteiger partial charge in [-0.15, -0.1) is 0 Å². The third-order valence-corrected chi connectivity index (χ3v) is 9.49. The molecule has 6 nitrogen and oxygen atoms in total. The molecule has 4 rings (SSSR count). The molecule has 0 bridgehead atoms. The van der Waals surface area contributed by atoms with E-state index < -0.39 is 10.0 Å². The highest BCUT2D eigenvalue weighted by atomic mass is 32.2. The number of sulfonamides is 1. The number of carbonyl (C=O) groups is 1. The van der Waals surface area contributed by atoms with Crippen molar-refractivity contribution in [2.24, 2.45) is 11.8 Å². The van der Waals surface area contributed by atoms with Crippen molar-refractivity contribution in [3.63, 3.8) is 0 Å². The van der Waals surface area contributed by atoms with Crippen molar-refractivity contribution in [3.05, 3.63) is 29.3 Å². The Labute approximate surface area is 181 Å². The van der Waals surface area contributed by atoms with Crippen LogP contribution in [0.3, 0.4) is 0 Å². The van der Waals surface area contributed by atoms with Crippen LogP contribution in [0.1, 0.15) is 43.2 Å². The van der Waals surface area contributed by atoms with E-state index in [0.29, 0.717) is 43.5 Å². The van der Waals surface area contributed by atoms with Gasteiger partial charge in [-0.05, 0) is 61.8 Å². The number of quaternary nitrogens is 1. The summed E-state index contributed by atoms with van der Waals surface area (Å²) in [6.45, 7) is 8.59. The molecule has 166 valence electrons. The van der Waals surface area contributed by atoms with Crippen LogP contribution in [0.2, 0.25) is 0 Å². The second-order valence-electron chi connectivity index (χ2n) is 9.51. The Morgan fingerprint density at radius 2 is 1.70 bits per heavy atom. The predicted molar refractivity (Wildman–Crippen MR) is 117 cm³/mol. The Kier molecular flexibility index (Phi) is 6.51. The number of aryl methyl sites for hydroxylation is 2. The summed E-state index contributed by atoms with van der Waals surface area (Å²) in [5.74, 6) is 1.78. The lowest BCUT2D eigenvalue weighted by molar-refractivity contribution is -0.896. The smallest absolute Gasteiger partial charge is 0.277 e. The van der Waals surface area contributed by atoms with Crippen LogP contribution >= 0.6 is 0 Å². The van der Waals surface area contributed by atoms with Crippen LogP contribution in [0.15, 0.2) is 23.1 Å². The molecule has 2 saturated heterocycles. The number of carbonyl (C=O) groups excluding carboxylic acids is 1. The van der Waals surface area contributed by atoms with Crippen LogP contribution in [0.25, 0.3) is 0 Å². The summed E-state index contributed by atoms with van der Waals surface area (Å²) < 4.78 is 27.6. The van der Waals surface area contributed by atoms with Crippen LogP contribution in [0.5, 0.6) is 0 Å². The highest BCUT2D eigenvalue weighted by molar-refractivity contribution is 7.89. The number of nitrogens with zero attached hydrogens (tertiary/aromatic N) is 2. The normalized spacial score (nSPS) is 26.4. The molecule has 3 aliphatic rings. The number of amides is 1. The molecular weight excluding hydrogens is 398 g/mol. The summed E-state index contributed by atoms with van der Waals surface area (Å²) in [4.78, 5) is 16.5. The van der Waals surface area contributed by atoms with E-state index >= 15 is 0 Å². The number of rotatable bonds is 4. The molecule has 7 heteroatoms. The first kappa shape index (κ1) is 21.8. The van der Waals surface area contributed by atoms with Crippen LogP contribution in [-0.4, -0.2) is 69.3 Å². The maximum atomic E-state index is 13.0. The fraction of sp³-hybridized carbons (Fsp3) is 0.696. The van der Waals surface area contributed by atoms with Crippen molar-refractivity contribution in [1.82, 2.24) is 9.21 Å². The van der Waals surface area contributed by atoms with Crippen LogP contribution in [0, 0.1) is 25.7 Å². The molecule has 0 unspecified atom stereocenters. The first-order chi connectivity index (χ1) is 14.3. The summed E-state index contributed by atoms with van der Waals surface area (Å²) in [6.07, 6.45) is 6.44. The van der Waals surface area contributed by atoms with Gasteiger partial charge in [0.15, 0.2) is 6.54 Å². The summed E-state index contributed by atoms with van der Waals surface area (Å²) in [6, 6.07) is 5.34. The summed E-state index contributed by atoms with van der Waals surface area (Å²) in [7, 11) is -3.46. The number of nitrogens with one attached hydrogen (secondary N) is 1. The fourth-order valence-electron chi connectivity index (χ4n) is 5.40. The molecule has 1 aliphatic carbocycles. The number of likely N-dealkylation sites (tertiary alicyclic amines) is 1. The van der Waals surface area contributed by atoms with E-state index in [9.17, 15) is 13.2 Å². The molecule has 30 heavy (non-hydrogen) atoms. The van der Waals surface area contributed by atoms with Gasteiger partial charge < -0.3 is 9.80 Å². The SMILES string of the molecule is Cc1ccc(S(=O)(=O)N2CC[NH+](CC(=O)N3CC[C@H]4CCCC[C@H]4C3)CC2)cc1C. The minimum Gasteiger partial charge on any atom is -0.338 e. The van der Waals surface area contributed by atoms with Gasteiger partial charge >= 0.3 is 0 Å². The maximum absolute atomic E-state index is 13.0. The topological polar surface area (TPSA) is 62.1 Å². The average molecular weight is 435 g/mol. The number of fused-ring (bicyclic) bond motifs is 1. The van der Waals surface area contributed by atoms with Gasteiger partial charge in [0, 0.05) is 13.1 Å². The van der Waals surface area contributed by atoms with Crippen LogP contribution in [0.4, 0.5) is 0 Å². The van der Waals surface area contributed by atoms with E-state index in [2.05, 4.69) is 4.90 Å². The number of piperazine rings is 1. The molecule has 1 aromatic carbocycles. The Balaban J connectivity index is 1.30. The minimum atomic E-state index is -3.46. The quantitative estimate of drug-likeness (QED) is 0.775. The highest BCUT2D eigenvalue weighted by Crippen LogP contribution is 2.35. The zero-order chi connectivity index (χ0) is 21.3. The van der Waals surface area contributed by atoms with Crippen molar-refractivity contribution in [1.29, 1.82) is 0 Å². The zero-order valence-corrected chi connectivity index (χ0v) is 19.2. The van der Waals surface area contributed by atoms with E-state index in [0.717, 1.165) is 36.6 Å². The molecule has 1 saturated carbocycles. The number of piperidine rings is 1. The van der Waals surface area contributed by atoms with Gasteiger partial charge in [0.1, 0.15) is 0 Å². The lowest BCUT2D eigenvalue weighted by atomic mass is 9.75. The second-order valence-corrected chi connectivity index (χ2v) is 11.4. The van der Waals surface area contributed by atoms with E-state index in [-0.39, 0.29) is 5.91 Å². The third kappa shape index (κ3) is 4.58. The molecule has 3 fully saturated rings. The van der Waals surface area contributed by atoms with E-state index in [1.807, 2.05) is 19.9 Å². The van der Waals surface area contributed by atoms with E-state index in [1.54, 1.807) is 16.4 Å². The fourth-order valence-corrected chi connectivity index (χ4v) is 6.92. The van der Waals surface area contributed by atoms with Crippen molar-refractivity contribution in [3.8, 4) is 0 Å². The molecular formula is C23H36N3O3S+. The van der Waals surface area contributed by atoms with Gasteiger partial charge in [-0.3, -0.25) is 4.79 Å². The number of hydrogen-bond donors (Lipinski definition) is 1. The van der Waals surface area contributed by atoms with Crippen LogP contribution in [-0.2, 0) is 14.8 Å². The molecule has 2 heterocycles. The van der Waals surface area contributed by atoms with Gasteiger partial charge in [-0.25, -0.2) is 8.42 Å². The van der Waals surface area contributed by atoms with Gasteiger partial charge in [-0.2, -0.15) is 4.31 Å². The van der Waals surface area contributed by atoms with Crippen molar-refractivity contribution < 1.29 is 18.1 Å². The van der Waals surface area contributed by atoms with Crippen molar-refractivity contribution in [2.45, 2.75) is 50.8 Å². The van der Waals surface area contributed by atoms with Crippen molar-refractivity contribution in [2.75, 3.05) is 45.8 Å². The van der Waals surface area contributed by atoms with Gasteiger partial charge in [-0.1, -0.05) is 25.3 Å².